The molecule has 0 N–H and O–H groups in total. The molecule has 0 aliphatic carbocycles. The van der Waals surface area contributed by atoms with Crippen LogP contribution in [0, 0.1) is 0 Å². The summed E-state index contributed by atoms with van der Waals surface area (Å²) in [6, 6.07) is 41.2. The molecule has 6 aromatic rings. The van der Waals surface area contributed by atoms with Crippen LogP contribution in [-0.2, 0) is 0 Å². The number of hydrogen-bond donors (Lipinski definition) is 0. The molecule has 45 heavy (non-hydrogen) atoms. The minimum absolute atomic E-state index is 0.0328. The standard InChI is InChI=1S/C38H26N4O2Se/c1-3-29-33(4-2)43-34-14-8-5-11-30(34)41(29)27-21-17-25(18-22-27)37-39-40-38(45-37)26-19-23-28(24-20-26)42-31-12-6-9-15-35(31)44-36-16-10-7-13-32(36)42/h3-24H,1-2H2. The molecule has 0 atom stereocenters. The second-order valence-corrected chi connectivity index (χ2v) is 12.5. The molecule has 0 fully saturated rings. The van der Waals surface area contributed by atoms with Gasteiger partial charge >= 0.3 is 268 Å². The molecule has 216 valence electrons. The van der Waals surface area contributed by atoms with E-state index in [1.54, 1.807) is 12.2 Å². The zero-order chi connectivity index (χ0) is 30.3. The normalized spacial score (nSPS) is 13.2. The quantitative estimate of drug-likeness (QED) is 0.167. The van der Waals surface area contributed by atoms with E-state index in [0.29, 0.717) is 5.76 Å². The molecule has 2 aliphatic rings. The Hall–Kier alpha value is -5.62. The molecule has 5 aromatic carbocycles. The summed E-state index contributed by atoms with van der Waals surface area (Å²) in [4.78, 5) is 4.38. The zero-order valence-corrected chi connectivity index (χ0v) is 25.8. The van der Waals surface area contributed by atoms with E-state index in [9.17, 15) is 0 Å². The second kappa shape index (κ2) is 11.1. The SMILES string of the molecule is C=CC1=C(C=C)N(c2ccc(-c3nnc(-c4ccc(N5c6ccccc6Oc6ccccc65)cc4)[se]3)cc2)c2ccccc2O1. The molecule has 6 nitrogen and oxygen atoms in total. The van der Waals surface area contributed by atoms with Crippen molar-refractivity contribution < 1.29 is 9.47 Å². The number of benzene rings is 5. The Morgan fingerprint density at radius 3 is 1.44 bits per heavy atom. The average Bonchev–Trinajstić information content (AvgIpc) is 3.60. The predicted molar refractivity (Wildman–Crippen MR) is 181 cm³/mol. The van der Waals surface area contributed by atoms with E-state index in [2.05, 4.69) is 93.8 Å². The molecule has 2 aliphatic heterocycles. The van der Waals surface area contributed by atoms with Gasteiger partial charge in [0.25, 0.3) is 0 Å². The van der Waals surface area contributed by atoms with Crippen molar-refractivity contribution in [2.45, 2.75) is 0 Å². The number of hydrogen-bond acceptors (Lipinski definition) is 6. The van der Waals surface area contributed by atoms with Gasteiger partial charge in [0.1, 0.15) is 0 Å². The van der Waals surface area contributed by atoms with Crippen LogP contribution in [0.1, 0.15) is 0 Å². The van der Waals surface area contributed by atoms with Crippen molar-refractivity contribution >= 4 is 42.9 Å². The van der Waals surface area contributed by atoms with E-state index in [0.717, 1.165) is 71.6 Å². The van der Waals surface area contributed by atoms with Gasteiger partial charge in [0, 0.05) is 0 Å². The van der Waals surface area contributed by atoms with Gasteiger partial charge in [-0.1, -0.05) is 0 Å². The molecule has 0 saturated carbocycles. The fourth-order valence-corrected chi connectivity index (χ4v) is 7.49. The Morgan fingerprint density at radius 1 is 0.511 bits per heavy atom. The molecule has 0 unspecified atom stereocenters. The van der Waals surface area contributed by atoms with Gasteiger partial charge in [-0.25, -0.2) is 0 Å². The van der Waals surface area contributed by atoms with Gasteiger partial charge in [0.2, 0.25) is 0 Å². The van der Waals surface area contributed by atoms with Gasteiger partial charge in [-0.15, -0.1) is 0 Å². The monoisotopic (exact) mass is 650 g/mol. The predicted octanol–water partition coefficient (Wildman–Crippen LogP) is 9.56. The number of allylic oxidation sites excluding steroid dienone is 2. The van der Waals surface area contributed by atoms with Crippen molar-refractivity contribution in [1.29, 1.82) is 0 Å². The molecule has 3 heterocycles. The summed E-state index contributed by atoms with van der Waals surface area (Å²) in [7, 11) is 0. The van der Waals surface area contributed by atoms with Crippen LogP contribution in [0.15, 0.2) is 158 Å². The first-order chi connectivity index (χ1) is 22.2. The van der Waals surface area contributed by atoms with Crippen LogP contribution in [0.25, 0.3) is 20.3 Å². The Morgan fingerprint density at radius 2 is 0.956 bits per heavy atom. The van der Waals surface area contributed by atoms with Crippen LogP contribution in [-0.4, -0.2) is 24.7 Å². The summed E-state index contributed by atoms with van der Waals surface area (Å²) in [5, 5.41) is 9.21. The number of fused-ring (bicyclic) bond motifs is 3. The summed E-state index contributed by atoms with van der Waals surface area (Å²) < 4.78 is 14.3. The summed E-state index contributed by atoms with van der Waals surface area (Å²) in [5.41, 5.74) is 8.01. The van der Waals surface area contributed by atoms with Crippen LogP contribution in [0.3, 0.4) is 0 Å². The topological polar surface area (TPSA) is 50.7 Å². The Bertz CT molecular complexity index is 2070. The zero-order valence-electron chi connectivity index (χ0n) is 24.1. The molecule has 0 spiro atoms. The third kappa shape index (κ3) is 4.66. The number of anilines is 5. The van der Waals surface area contributed by atoms with Crippen LogP contribution >= 0.6 is 0 Å². The van der Waals surface area contributed by atoms with Crippen LogP contribution < -0.4 is 19.3 Å². The molecule has 1 aromatic heterocycles. The first kappa shape index (κ1) is 27.0. The summed E-state index contributed by atoms with van der Waals surface area (Å²) in [5.74, 6) is 3.12. The van der Waals surface area contributed by atoms with Gasteiger partial charge in [0.15, 0.2) is 0 Å². The van der Waals surface area contributed by atoms with Crippen molar-refractivity contribution in [3.05, 3.63) is 158 Å². The van der Waals surface area contributed by atoms with Crippen molar-refractivity contribution in [2.24, 2.45) is 0 Å². The first-order valence-electron chi connectivity index (χ1n) is 14.5. The molecule has 0 bridgehead atoms. The van der Waals surface area contributed by atoms with E-state index < -0.39 is 0 Å². The van der Waals surface area contributed by atoms with Gasteiger partial charge in [-0.2, -0.15) is 0 Å². The van der Waals surface area contributed by atoms with Gasteiger partial charge in [0.05, 0.1) is 0 Å². The van der Waals surface area contributed by atoms with E-state index in [-0.39, 0.29) is 14.5 Å². The molecular weight excluding hydrogens is 623 g/mol. The van der Waals surface area contributed by atoms with Crippen molar-refractivity contribution in [3.63, 3.8) is 0 Å². The number of para-hydroxylation sites is 6. The Kier molecular flexibility index (Phi) is 6.68. The molecule has 0 amide bonds. The molecule has 8 rings (SSSR count). The summed E-state index contributed by atoms with van der Waals surface area (Å²) >= 11 is -0.0328. The molecule has 0 saturated heterocycles. The molecule has 7 heteroatoms. The van der Waals surface area contributed by atoms with Crippen LogP contribution in [0.2, 0.25) is 0 Å². The van der Waals surface area contributed by atoms with Crippen molar-refractivity contribution in [2.75, 3.05) is 9.80 Å². The maximum atomic E-state index is 6.17. The van der Waals surface area contributed by atoms with Gasteiger partial charge in [-0.05, 0) is 0 Å². The second-order valence-electron chi connectivity index (χ2n) is 10.4. The summed E-state index contributed by atoms with van der Waals surface area (Å²) in [6.07, 6.45) is 3.52. The third-order valence-corrected chi connectivity index (χ3v) is 9.94. The fraction of sp³-hybridized carbons (Fsp3) is 0. The maximum absolute atomic E-state index is 6.17. The van der Waals surface area contributed by atoms with Gasteiger partial charge < -0.3 is 0 Å². The van der Waals surface area contributed by atoms with Crippen molar-refractivity contribution in [1.82, 2.24) is 10.2 Å². The van der Waals surface area contributed by atoms with Crippen LogP contribution in [0.4, 0.5) is 28.4 Å². The van der Waals surface area contributed by atoms with E-state index in [4.69, 9.17) is 9.47 Å². The number of aromatic nitrogens is 2. The first-order valence-corrected chi connectivity index (χ1v) is 16.2. The Labute approximate surface area is 267 Å². The van der Waals surface area contributed by atoms with Crippen LogP contribution in [0.5, 0.6) is 17.2 Å². The number of rotatable bonds is 6. The summed E-state index contributed by atoms with van der Waals surface area (Å²) in [6.45, 7) is 7.97. The minimum atomic E-state index is -0.0328. The average molecular weight is 650 g/mol. The third-order valence-electron chi connectivity index (χ3n) is 7.80. The van der Waals surface area contributed by atoms with E-state index in [1.807, 2.05) is 60.7 Å². The fourth-order valence-electron chi connectivity index (χ4n) is 5.70. The van der Waals surface area contributed by atoms with Crippen molar-refractivity contribution in [3.8, 4) is 37.5 Å². The van der Waals surface area contributed by atoms with E-state index in [1.165, 1.54) is 0 Å². The number of nitrogens with zero attached hydrogens (tertiary/aromatic N) is 4. The van der Waals surface area contributed by atoms with E-state index >= 15 is 0 Å². The molecule has 0 radical (unpaired) electrons. The van der Waals surface area contributed by atoms with Gasteiger partial charge in [-0.3, -0.25) is 0 Å². The molecular formula is C38H26N4O2Se. The number of ether oxygens (including phenoxy) is 2. The Balaban J connectivity index is 1.07.